The molecule has 18 nitrogen and oxygen atoms in total. The fourth-order valence-electron chi connectivity index (χ4n) is 7.16. The molecule has 2 aliphatic rings. The number of hydrogen-bond donors (Lipinski definition) is 2. The van der Waals surface area contributed by atoms with E-state index in [1.807, 2.05) is 0 Å². The highest BCUT2D eigenvalue weighted by molar-refractivity contribution is 7.90. The smallest absolute Gasteiger partial charge is 0.264 e. The number of hydrogen-bond acceptors (Lipinski definition) is 14. The summed E-state index contributed by atoms with van der Waals surface area (Å²) in [6.07, 6.45) is 1.95. The number of rotatable bonds is 16. The van der Waals surface area contributed by atoms with Crippen LogP contribution < -0.4 is 29.6 Å². The van der Waals surface area contributed by atoms with Crippen molar-refractivity contribution in [3.63, 3.8) is 0 Å². The first-order valence-electron chi connectivity index (χ1n) is 21.5. The van der Waals surface area contributed by atoms with Crippen LogP contribution in [0, 0.1) is 0 Å². The van der Waals surface area contributed by atoms with E-state index in [-0.39, 0.29) is 67.8 Å². The van der Waals surface area contributed by atoms with E-state index in [0.717, 1.165) is 22.3 Å². The Labute approximate surface area is 377 Å². The first-order chi connectivity index (χ1) is 31.9. The molecule has 0 radical (unpaired) electrons. The Kier molecular flexibility index (Phi) is 12.7. The SMILES string of the molecule is [2H]C([2H])(C)Oc1cc(C(CS(C)(=O)=O)N2C(=O)c3cccc(NC(C)=O)c3C2=O)ccc1OC.[2H]C([2H])([2H])COc1cc(C(CS(C)(=O)=O)N2C(=O)c3cccc(NC(C)=O)c3C2=O)ccc1OC. The van der Waals surface area contributed by atoms with Gasteiger partial charge in [0.05, 0.1) is 87.3 Å². The normalized spacial score (nSPS) is 15.8. The molecule has 0 spiro atoms. The molecular formula is C44H48N4O14S2. The predicted octanol–water partition coefficient (Wildman–Crippen LogP) is 4.87. The molecule has 6 amide bonds. The lowest BCUT2D eigenvalue weighted by molar-refractivity contribution is -0.115. The number of imide groups is 2. The van der Waals surface area contributed by atoms with Crippen molar-refractivity contribution in [1.29, 1.82) is 0 Å². The van der Waals surface area contributed by atoms with E-state index in [9.17, 15) is 45.6 Å². The van der Waals surface area contributed by atoms with Crippen LogP contribution in [0.2, 0.25) is 0 Å². The summed E-state index contributed by atoms with van der Waals surface area (Å²) in [5.41, 5.74) is 0.687. The van der Waals surface area contributed by atoms with Crippen molar-refractivity contribution < 1.29 is 71.4 Å². The Morgan fingerprint density at radius 2 is 1.05 bits per heavy atom. The van der Waals surface area contributed by atoms with Crippen LogP contribution in [-0.4, -0.2) is 113 Å². The van der Waals surface area contributed by atoms with Crippen LogP contribution in [0.3, 0.4) is 0 Å². The molecule has 64 heavy (non-hydrogen) atoms. The number of ether oxygens (including phenoxy) is 4. The van der Waals surface area contributed by atoms with Crippen LogP contribution in [0.25, 0.3) is 0 Å². The number of anilines is 2. The molecule has 0 aliphatic carbocycles. The van der Waals surface area contributed by atoms with Gasteiger partial charge in [-0.05, 0) is 73.4 Å². The number of nitrogens with one attached hydrogen (secondary N) is 2. The third-order valence-electron chi connectivity index (χ3n) is 9.64. The van der Waals surface area contributed by atoms with Gasteiger partial charge in [-0.3, -0.25) is 38.6 Å². The first-order valence-corrected chi connectivity index (χ1v) is 23.2. The molecule has 0 bridgehead atoms. The molecule has 4 aromatic rings. The summed E-state index contributed by atoms with van der Waals surface area (Å²) in [6.45, 7) is -1.44. The average Bonchev–Trinajstić information content (AvgIpc) is 3.63. The van der Waals surface area contributed by atoms with Crippen molar-refractivity contribution in [3.05, 3.63) is 106 Å². The van der Waals surface area contributed by atoms with Gasteiger partial charge >= 0.3 is 0 Å². The lowest BCUT2D eigenvalue weighted by Crippen LogP contribution is -2.37. The number of nitrogens with zero attached hydrogens (tertiary/aromatic N) is 2. The van der Waals surface area contributed by atoms with Crippen LogP contribution >= 0.6 is 0 Å². The molecule has 2 heterocycles. The van der Waals surface area contributed by atoms with Crippen molar-refractivity contribution in [1.82, 2.24) is 9.80 Å². The molecule has 0 aromatic heterocycles. The minimum Gasteiger partial charge on any atom is -0.493 e. The zero-order valence-corrected chi connectivity index (χ0v) is 37.3. The monoisotopic (exact) mass is 925 g/mol. The maximum absolute atomic E-state index is 13.4. The lowest BCUT2D eigenvalue weighted by atomic mass is 10.1. The Hall–Kier alpha value is -6.80. The Morgan fingerprint density at radius 1 is 0.641 bits per heavy atom. The zero-order chi connectivity index (χ0) is 51.6. The molecule has 0 fully saturated rings. The number of carbonyl (C=O) groups is 6. The second-order valence-electron chi connectivity index (χ2n) is 14.4. The second-order valence-corrected chi connectivity index (χ2v) is 18.8. The maximum atomic E-state index is 13.4. The number of sulfone groups is 2. The fourth-order valence-corrected chi connectivity index (χ4v) is 8.99. The van der Waals surface area contributed by atoms with E-state index in [0.29, 0.717) is 0 Å². The van der Waals surface area contributed by atoms with Crippen molar-refractivity contribution in [3.8, 4) is 23.0 Å². The Balaban J connectivity index is 0.000000258. The fraction of sp³-hybridized carbons (Fsp3) is 0.318. The second kappa shape index (κ2) is 19.7. The molecular weight excluding hydrogens is 873 g/mol. The summed E-state index contributed by atoms with van der Waals surface area (Å²) in [5.74, 6) is -4.70. The molecule has 0 saturated carbocycles. The van der Waals surface area contributed by atoms with E-state index >= 15 is 0 Å². The number of fused-ring (bicyclic) bond motifs is 2. The van der Waals surface area contributed by atoms with Crippen molar-refractivity contribution >= 4 is 66.5 Å². The molecule has 340 valence electrons. The van der Waals surface area contributed by atoms with Gasteiger partial charge in [0.2, 0.25) is 11.8 Å². The highest BCUT2D eigenvalue weighted by Gasteiger charge is 2.45. The molecule has 0 saturated heterocycles. The standard InChI is InChI=1S/2C22H24N2O7S/c2*1-5-31-19-11-14(9-10-18(19)30-3)17(12-32(4,28)29)24-21(26)15-7-6-8-16(23-13(2)25)20(15)22(24)27/h2*6-11,17H,5,12H2,1-4H3,(H,23,25)/i5D2;1D3. The van der Waals surface area contributed by atoms with Crippen molar-refractivity contribution in [2.75, 3.05) is 62.0 Å². The Morgan fingerprint density at radius 3 is 1.39 bits per heavy atom. The van der Waals surface area contributed by atoms with Crippen LogP contribution in [0.5, 0.6) is 23.0 Å². The summed E-state index contributed by atoms with van der Waals surface area (Å²) in [5, 5.41) is 5.03. The summed E-state index contributed by atoms with van der Waals surface area (Å²) >= 11 is 0. The predicted molar refractivity (Wildman–Crippen MR) is 236 cm³/mol. The van der Waals surface area contributed by atoms with E-state index in [1.165, 1.54) is 108 Å². The van der Waals surface area contributed by atoms with Crippen molar-refractivity contribution in [2.45, 2.75) is 39.7 Å². The molecule has 2 atom stereocenters. The van der Waals surface area contributed by atoms with E-state index in [2.05, 4.69) is 10.6 Å². The molecule has 4 aromatic carbocycles. The highest BCUT2D eigenvalue weighted by atomic mass is 32.2. The number of methoxy groups -OCH3 is 2. The molecule has 2 unspecified atom stereocenters. The van der Waals surface area contributed by atoms with Crippen LogP contribution in [0.4, 0.5) is 11.4 Å². The van der Waals surface area contributed by atoms with Crippen LogP contribution in [0.1, 0.15) is 99.1 Å². The molecule has 2 N–H and O–H groups in total. The van der Waals surface area contributed by atoms with E-state index in [1.54, 1.807) is 0 Å². The van der Waals surface area contributed by atoms with Gasteiger partial charge in [0, 0.05) is 30.5 Å². The first kappa shape index (κ1) is 41.2. The van der Waals surface area contributed by atoms with E-state index in [4.69, 9.17) is 25.8 Å². The quantitative estimate of drug-likeness (QED) is 0.143. The topological polar surface area (TPSA) is 238 Å². The minimum atomic E-state index is -3.71. The van der Waals surface area contributed by atoms with Crippen LogP contribution in [0.15, 0.2) is 72.8 Å². The summed E-state index contributed by atoms with van der Waals surface area (Å²) in [7, 11) is -4.71. The lowest BCUT2D eigenvalue weighted by Gasteiger charge is -2.27. The largest absolute Gasteiger partial charge is 0.493 e. The summed E-state index contributed by atoms with van der Waals surface area (Å²) < 4.78 is 108. The van der Waals surface area contributed by atoms with Crippen LogP contribution in [-0.2, 0) is 29.3 Å². The van der Waals surface area contributed by atoms with Gasteiger partial charge in [0.1, 0.15) is 19.7 Å². The van der Waals surface area contributed by atoms with Gasteiger partial charge in [-0.1, -0.05) is 24.3 Å². The van der Waals surface area contributed by atoms with Gasteiger partial charge in [-0.15, -0.1) is 0 Å². The van der Waals surface area contributed by atoms with Gasteiger partial charge in [-0.25, -0.2) is 16.8 Å². The summed E-state index contributed by atoms with van der Waals surface area (Å²) in [6, 6.07) is 14.8. The highest BCUT2D eigenvalue weighted by Crippen LogP contribution is 2.40. The van der Waals surface area contributed by atoms with Gasteiger partial charge in [0.25, 0.3) is 23.6 Å². The maximum Gasteiger partial charge on any atom is 0.264 e. The van der Waals surface area contributed by atoms with E-state index < -0.39 is 98.7 Å². The number of carbonyl (C=O) groups excluding carboxylic acids is 6. The number of benzene rings is 4. The third kappa shape index (κ3) is 10.7. The average molecular weight is 926 g/mol. The molecule has 2 aliphatic heterocycles. The molecule has 20 heteroatoms. The number of amides is 6. The minimum absolute atomic E-state index is 0.00942. The summed E-state index contributed by atoms with van der Waals surface area (Å²) in [4.78, 5) is 78.2. The van der Waals surface area contributed by atoms with Gasteiger partial charge in [-0.2, -0.15) is 0 Å². The zero-order valence-electron chi connectivity index (χ0n) is 40.6. The van der Waals surface area contributed by atoms with Gasteiger partial charge in [0.15, 0.2) is 23.0 Å². The van der Waals surface area contributed by atoms with Crippen molar-refractivity contribution in [2.24, 2.45) is 0 Å². The molecule has 6 rings (SSSR count). The van der Waals surface area contributed by atoms with Gasteiger partial charge < -0.3 is 29.6 Å². The third-order valence-corrected chi connectivity index (χ3v) is 11.5. The Bertz CT molecular complexity index is 2960.